The number of piperazine rings is 1. The van der Waals surface area contributed by atoms with Gasteiger partial charge in [-0.15, -0.1) is 0 Å². The van der Waals surface area contributed by atoms with Crippen molar-refractivity contribution in [2.75, 3.05) is 62.2 Å². The van der Waals surface area contributed by atoms with Crippen LogP contribution in [0, 0.1) is 0 Å². The Morgan fingerprint density at radius 2 is 1.62 bits per heavy atom. The average Bonchev–Trinajstić information content (AvgIpc) is 2.91. The normalized spacial score (nSPS) is 17.2. The van der Waals surface area contributed by atoms with Crippen molar-refractivity contribution >= 4 is 28.2 Å². The Hall–Kier alpha value is -3.12. The molecular formula is C28H35N5O. The van der Waals surface area contributed by atoms with Gasteiger partial charge in [-0.2, -0.15) is 0 Å². The second-order valence-corrected chi connectivity index (χ2v) is 9.39. The molecule has 1 amide bonds. The number of hydrogen-bond donors (Lipinski definition) is 1. The number of fused-ring (bicyclic) bond motifs is 1. The van der Waals surface area contributed by atoms with Crippen LogP contribution in [0.15, 0.2) is 60.8 Å². The number of hydrogen-bond acceptors (Lipinski definition) is 5. The molecule has 0 atom stereocenters. The first-order chi connectivity index (χ1) is 16.8. The lowest BCUT2D eigenvalue weighted by atomic mass is 10.1. The molecule has 0 spiro atoms. The van der Waals surface area contributed by atoms with Gasteiger partial charge in [0.25, 0.3) is 5.91 Å². The third-order valence-electron chi connectivity index (χ3n) is 7.09. The highest BCUT2D eigenvalue weighted by Gasteiger charge is 2.20. The van der Waals surface area contributed by atoms with Crippen molar-refractivity contribution in [3.05, 3.63) is 66.4 Å². The number of amides is 1. The molecule has 1 aromatic heterocycles. The van der Waals surface area contributed by atoms with E-state index in [1.165, 1.54) is 38.0 Å². The zero-order valence-corrected chi connectivity index (χ0v) is 20.0. The molecule has 2 saturated heterocycles. The first kappa shape index (κ1) is 22.7. The van der Waals surface area contributed by atoms with Crippen molar-refractivity contribution in [3.63, 3.8) is 0 Å². The summed E-state index contributed by atoms with van der Waals surface area (Å²) in [5.41, 5.74) is 1.98. The van der Waals surface area contributed by atoms with Gasteiger partial charge in [0, 0.05) is 55.6 Å². The van der Waals surface area contributed by atoms with Gasteiger partial charge in [-0.25, -0.2) is 4.98 Å². The number of carbonyl (C=O) groups excluding carboxylic acids is 1. The smallest absolute Gasteiger partial charge is 0.251 e. The van der Waals surface area contributed by atoms with Crippen LogP contribution in [0.2, 0.25) is 0 Å². The molecule has 6 heteroatoms. The molecule has 1 N–H and O–H groups in total. The number of aromatic nitrogens is 1. The van der Waals surface area contributed by atoms with E-state index in [0.29, 0.717) is 12.1 Å². The number of likely N-dealkylation sites (tertiary alicyclic amines) is 1. The van der Waals surface area contributed by atoms with Gasteiger partial charge in [0.1, 0.15) is 5.82 Å². The summed E-state index contributed by atoms with van der Waals surface area (Å²) in [7, 11) is 0. The maximum absolute atomic E-state index is 12.9. The summed E-state index contributed by atoms with van der Waals surface area (Å²) in [6, 6.07) is 18.6. The molecular weight excluding hydrogens is 422 g/mol. The largest absolute Gasteiger partial charge is 0.368 e. The molecule has 2 fully saturated rings. The lowest BCUT2D eigenvalue weighted by Gasteiger charge is -2.37. The summed E-state index contributed by atoms with van der Waals surface area (Å²) in [6.45, 7) is 7.93. The fourth-order valence-electron chi connectivity index (χ4n) is 5.15. The number of nitrogens with zero attached hydrogens (tertiary/aromatic N) is 4. The van der Waals surface area contributed by atoms with Gasteiger partial charge in [-0.05, 0) is 74.6 Å². The number of para-hydroxylation sites is 1. The molecule has 3 aromatic rings. The van der Waals surface area contributed by atoms with Gasteiger partial charge in [-0.3, -0.25) is 4.79 Å². The third-order valence-corrected chi connectivity index (χ3v) is 7.09. The van der Waals surface area contributed by atoms with Crippen LogP contribution in [0.3, 0.4) is 0 Å². The van der Waals surface area contributed by atoms with Gasteiger partial charge in [0.2, 0.25) is 0 Å². The molecule has 6 nitrogen and oxygen atoms in total. The van der Waals surface area contributed by atoms with E-state index < -0.39 is 0 Å². The second-order valence-electron chi connectivity index (χ2n) is 9.39. The van der Waals surface area contributed by atoms with Crippen molar-refractivity contribution < 1.29 is 4.79 Å². The van der Waals surface area contributed by atoms with Gasteiger partial charge in [-0.1, -0.05) is 30.7 Å². The molecule has 2 aliphatic heterocycles. The predicted octanol–water partition coefficient (Wildman–Crippen LogP) is 4.17. The Balaban J connectivity index is 1.22. The average molecular weight is 458 g/mol. The van der Waals surface area contributed by atoms with Crippen LogP contribution in [0.5, 0.6) is 0 Å². The van der Waals surface area contributed by atoms with Gasteiger partial charge in [0.05, 0.1) is 0 Å². The van der Waals surface area contributed by atoms with E-state index in [1.54, 1.807) is 0 Å². The standard InChI is InChI=1S/C28H35N5O/c34-28(30-13-7-17-31-15-5-2-6-16-31)24-11-10-23-12-14-29-27(26(23)22-24)33-20-18-32(19-21-33)25-8-3-1-4-9-25/h1,3-4,8-12,14,22H,2,5-7,13,15-21H2,(H,30,34). The number of nitrogens with one attached hydrogen (secondary N) is 1. The fourth-order valence-corrected chi connectivity index (χ4v) is 5.15. The lowest BCUT2D eigenvalue weighted by molar-refractivity contribution is 0.0951. The minimum Gasteiger partial charge on any atom is -0.368 e. The molecule has 0 unspecified atom stereocenters. The summed E-state index contributed by atoms with van der Waals surface area (Å²) in [5.74, 6) is 0.981. The van der Waals surface area contributed by atoms with Crippen molar-refractivity contribution in [3.8, 4) is 0 Å². The molecule has 0 bridgehead atoms. The van der Waals surface area contributed by atoms with E-state index in [0.717, 1.165) is 55.7 Å². The molecule has 0 saturated carbocycles. The van der Waals surface area contributed by atoms with Crippen LogP contribution in [0.25, 0.3) is 10.8 Å². The van der Waals surface area contributed by atoms with E-state index in [1.807, 2.05) is 30.5 Å². The van der Waals surface area contributed by atoms with Crippen LogP contribution in [0.1, 0.15) is 36.0 Å². The highest BCUT2D eigenvalue weighted by molar-refractivity contribution is 6.01. The maximum Gasteiger partial charge on any atom is 0.251 e. The van der Waals surface area contributed by atoms with Gasteiger partial charge in [0.15, 0.2) is 0 Å². The molecule has 0 aliphatic carbocycles. The van der Waals surface area contributed by atoms with Crippen LogP contribution >= 0.6 is 0 Å². The highest BCUT2D eigenvalue weighted by atomic mass is 16.1. The number of benzene rings is 2. The van der Waals surface area contributed by atoms with Crippen LogP contribution in [-0.4, -0.2) is 68.1 Å². The fraction of sp³-hybridized carbons (Fsp3) is 0.429. The van der Waals surface area contributed by atoms with Crippen molar-refractivity contribution in [1.82, 2.24) is 15.2 Å². The minimum atomic E-state index is 0.00393. The topological polar surface area (TPSA) is 51.7 Å². The SMILES string of the molecule is O=C(NCCCN1CCCCC1)c1ccc2ccnc(N3CCN(c4ccccc4)CC3)c2c1. The van der Waals surface area contributed by atoms with Crippen LogP contribution in [-0.2, 0) is 0 Å². The number of pyridine rings is 1. The number of rotatable bonds is 7. The summed E-state index contributed by atoms with van der Waals surface area (Å²) in [4.78, 5) is 24.9. The van der Waals surface area contributed by atoms with Gasteiger partial charge >= 0.3 is 0 Å². The van der Waals surface area contributed by atoms with E-state index in [9.17, 15) is 4.79 Å². The molecule has 3 heterocycles. The second kappa shape index (κ2) is 10.9. The number of anilines is 2. The first-order valence-corrected chi connectivity index (χ1v) is 12.7. The van der Waals surface area contributed by atoms with Gasteiger partial charge < -0.3 is 20.0 Å². The Bertz CT molecular complexity index is 1090. The minimum absolute atomic E-state index is 0.00393. The third kappa shape index (κ3) is 5.33. The summed E-state index contributed by atoms with van der Waals surface area (Å²) < 4.78 is 0. The molecule has 178 valence electrons. The zero-order chi connectivity index (χ0) is 23.2. The molecule has 34 heavy (non-hydrogen) atoms. The maximum atomic E-state index is 12.9. The van der Waals surface area contributed by atoms with E-state index in [-0.39, 0.29) is 5.91 Å². The monoisotopic (exact) mass is 457 g/mol. The van der Waals surface area contributed by atoms with E-state index >= 15 is 0 Å². The first-order valence-electron chi connectivity index (χ1n) is 12.7. The highest BCUT2D eigenvalue weighted by Crippen LogP contribution is 2.27. The number of piperidine rings is 1. The lowest BCUT2D eigenvalue weighted by Crippen LogP contribution is -2.46. The van der Waals surface area contributed by atoms with Crippen molar-refractivity contribution in [2.45, 2.75) is 25.7 Å². The summed E-state index contributed by atoms with van der Waals surface area (Å²) in [6.07, 6.45) is 6.84. The van der Waals surface area contributed by atoms with Crippen LogP contribution in [0.4, 0.5) is 11.5 Å². The Morgan fingerprint density at radius 1 is 0.853 bits per heavy atom. The number of carbonyl (C=O) groups is 1. The molecule has 0 radical (unpaired) electrons. The Kier molecular flexibility index (Phi) is 7.25. The Morgan fingerprint density at radius 3 is 2.41 bits per heavy atom. The van der Waals surface area contributed by atoms with E-state index in [2.05, 4.69) is 50.3 Å². The Labute approximate surface area is 202 Å². The molecule has 5 rings (SSSR count). The van der Waals surface area contributed by atoms with E-state index in [4.69, 9.17) is 4.98 Å². The van der Waals surface area contributed by atoms with Crippen LogP contribution < -0.4 is 15.1 Å². The van der Waals surface area contributed by atoms with Crippen molar-refractivity contribution in [1.29, 1.82) is 0 Å². The quantitative estimate of drug-likeness (QED) is 0.540. The molecule has 2 aliphatic rings. The summed E-state index contributed by atoms with van der Waals surface area (Å²) >= 11 is 0. The molecule has 2 aromatic carbocycles. The summed E-state index contributed by atoms with van der Waals surface area (Å²) in [5, 5.41) is 5.29. The predicted molar refractivity (Wildman–Crippen MR) is 140 cm³/mol. The zero-order valence-electron chi connectivity index (χ0n) is 20.0. The van der Waals surface area contributed by atoms with Crippen molar-refractivity contribution in [2.24, 2.45) is 0 Å².